The van der Waals surface area contributed by atoms with Gasteiger partial charge in [0.05, 0.1) is 5.41 Å². The molecule has 1 aromatic heterocycles. The van der Waals surface area contributed by atoms with Crippen LogP contribution in [-0.4, -0.2) is 40.0 Å². The number of carbonyl (C=O) groups is 2. The Labute approximate surface area is 122 Å². The zero-order valence-electron chi connectivity index (χ0n) is 12.1. The Morgan fingerprint density at radius 3 is 2.86 bits per heavy atom. The zero-order valence-corrected chi connectivity index (χ0v) is 12.1. The molecule has 1 unspecified atom stereocenters. The van der Waals surface area contributed by atoms with Gasteiger partial charge in [0.1, 0.15) is 5.56 Å². The van der Waals surface area contributed by atoms with E-state index < -0.39 is 17.3 Å². The van der Waals surface area contributed by atoms with E-state index in [1.54, 1.807) is 0 Å². The van der Waals surface area contributed by atoms with Gasteiger partial charge in [-0.1, -0.05) is 13.3 Å². The van der Waals surface area contributed by atoms with Crippen molar-refractivity contribution in [3.63, 3.8) is 0 Å². The van der Waals surface area contributed by atoms with Gasteiger partial charge in [-0.25, -0.2) is 0 Å². The molecule has 2 N–H and O–H groups in total. The lowest BCUT2D eigenvalue weighted by atomic mass is 9.76. The Kier molecular flexibility index (Phi) is 4.45. The third kappa shape index (κ3) is 2.99. The van der Waals surface area contributed by atoms with Gasteiger partial charge in [-0.05, 0) is 19.3 Å². The molecule has 1 atom stereocenters. The molecule has 0 bridgehead atoms. The Hall–Kier alpha value is -2.11. The van der Waals surface area contributed by atoms with Gasteiger partial charge >= 0.3 is 5.97 Å². The number of hydrogen-bond donors (Lipinski definition) is 2. The van der Waals surface area contributed by atoms with Gasteiger partial charge in [-0.2, -0.15) is 0 Å². The zero-order chi connectivity index (χ0) is 15.5. The Morgan fingerprint density at radius 2 is 2.24 bits per heavy atom. The van der Waals surface area contributed by atoms with Gasteiger partial charge in [0, 0.05) is 31.5 Å². The number of piperidine rings is 1. The Balaban J connectivity index is 2.25. The van der Waals surface area contributed by atoms with Crippen LogP contribution in [0.2, 0.25) is 0 Å². The van der Waals surface area contributed by atoms with Crippen LogP contribution in [0.1, 0.15) is 43.0 Å². The second-order valence-corrected chi connectivity index (χ2v) is 5.59. The van der Waals surface area contributed by atoms with Crippen LogP contribution in [0.5, 0.6) is 0 Å². The minimum Gasteiger partial charge on any atom is -0.481 e. The number of carboxylic acids is 1. The number of hydrogen-bond acceptors (Lipinski definition) is 3. The minimum absolute atomic E-state index is 0.0650. The minimum atomic E-state index is -0.885. The highest BCUT2D eigenvalue weighted by atomic mass is 16.4. The summed E-state index contributed by atoms with van der Waals surface area (Å²) in [5, 5.41) is 9.54. The van der Waals surface area contributed by atoms with Crippen LogP contribution in [0, 0.1) is 5.41 Å². The highest BCUT2D eigenvalue weighted by Gasteiger charge is 2.43. The van der Waals surface area contributed by atoms with E-state index in [1.807, 2.05) is 6.92 Å². The van der Waals surface area contributed by atoms with Crippen LogP contribution in [0.15, 0.2) is 23.3 Å². The molecule has 1 amide bonds. The third-order valence-electron chi connectivity index (χ3n) is 4.10. The Bertz CT molecular complexity index is 591. The van der Waals surface area contributed by atoms with Crippen molar-refractivity contribution in [2.75, 3.05) is 13.1 Å². The fourth-order valence-electron chi connectivity index (χ4n) is 3.02. The number of carboxylic acid groups (broad SMARTS) is 1. The molecule has 6 nitrogen and oxygen atoms in total. The Morgan fingerprint density at radius 1 is 1.48 bits per heavy atom. The molecule has 2 rings (SSSR count). The lowest BCUT2D eigenvalue weighted by Gasteiger charge is -2.39. The van der Waals surface area contributed by atoms with Crippen LogP contribution in [0.25, 0.3) is 0 Å². The van der Waals surface area contributed by atoms with Crippen LogP contribution in [0.4, 0.5) is 0 Å². The largest absolute Gasteiger partial charge is 0.481 e. The van der Waals surface area contributed by atoms with Gasteiger partial charge < -0.3 is 15.0 Å². The molecule has 0 radical (unpaired) electrons. The van der Waals surface area contributed by atoms with E-state index in [2.05, 4.69) is 4.98 Å². The second kappa shape index (κ2) is 6.11. The highest BCUT2D eigenvalue weighted by Crippen LogP contribution is 2.35. The first-order valence-electron chi connectivity index (χ1n) is 7.20. The summed E-state index contributed by atoms with van der Waals surface area (Å²) in [6, 6.07) is 1.30. The summed E-state index contributed by atoms with van der Waals surface area (Å²) in [7, 11) is 0. The van der Waals surface area contributed by atoms with Crippen LogP contribution in [0.3, 0.4) is 0 Å². The molecule has 0 spiro atoms. The van der Waals surface area contributed by atoms with Gasteiger partial charge in [0.2, 0.25) is 0 Å². The summed E-state index contributed by atoms with van der Waals surface area (Å²) in [6.07, 6.45) is 5.35. The number of H-pyrrole nitrogens is 1. The van der Waals surface area contributed by atoms with Crippen molar-refractivity contribution in [1.29, 1.82) is 0 Å². The monoisotopic (exact) mass is 292 g/mol. The maximum absolute atomic E-state index is 12.4. The molecule has 2 heterocycles. The van der Waals surface area contributed by atoms with Crippen molar-refractivity contribution in [3.8, 4) is 0 Å². The SMILES string of the molecule is CCCC1(C(=O)O)CCCN(C(=O)c2c[nH]ccc2=O)C1. The molecule has 0 saturated carbocycles. The number of likely N-dealkylation sites (tertiary alicyclic amines) is 1. The number of aromatic amines is 1. The van der Waals surface area contributed by atoms with Crippen molar-refractivity contribution in [2.45, 2.75) is 32.6 Å². The number of nitrogens with zero attached hydrogens (tertiary/aromatic N) is 1. The molecule has 1 fully saturated rings. The maximum Gasteiger partial charge on any atom is 0.311 e. The smallest absolute Gasteiger partial charge is 0.311 e. The molecule has 21 heavy (non-hydrogen) atoms. The van der Waals surface area contributed by atoms with Crippen LogP contribution >= 0.6 is 0 Å². The normalized spacial score (nSPS) is 22.0. The standard InChI is InChI=1S/C15H20N2O4/c1-2-5-15(14(20)21)6-3-8-17(10-15)13(19)11-9-16-7-4-12(11)18/h4,7,9H,2-3,5-6,8,10H2,1H3,(H,16,18)(H,20,21). The van der Waals surface area contributed by atoms with E-state index in [-0.39, 0.29) is 17.5 Å². The molecular formula is C15H20N2O4. The molecular weight excluding hydrogens is 272 g/mol. The average molecular weight is 292 g/mol. The van der Waals surface area contributed by atoms with Crippen LogP contribution < -0.4 is 5.43 Å². The lowest BCUT2D eigenvalue weighted by molar-refractivity contribution is -0.152. The number of aliphatic carboxylic acids is 1. The fraction of sp³-hybridized carbons (Fsp3) is 0.533. The van der Waals surface area contributed by atoms with E-state index in [4.69, 9.17) is 0 Å². The fourth-order valence-corrected chi connectivity index (χ4v) is 3.02. The van der Waals surface area contributed by atoms with E-state index >= 15 is 0 Å². The third-order valence-corrected chi connectivity index (χ3v) is 4.10. The number of rotatable bonds is 4. The van der Waals surface area contributed by atoms with Crippen molar-refractivity contribution >= 4 is 11.9 Å². The lowest BCUT2D eigenvalue weighted by Crippen LogP contribution is -2.50. The number of amides is 1. The molecule has 6 heteroatoms. The summed E-state index contributed by atoms with van der Waals surface area (Å²) < 4.78 is 0. The molecule has 1 aromatic rings. The molecule has 1 saturated heterocycles. The number of aromatic nitrogens is 1. The molecule has 114 valence electrons. The summed E-state index contributed by atoms with van der Waals surface area (Å²) >= 11 is 0. The van der Waals surface area contributed by atoms with E-state index in [1.165, 1.54) is 23.4 Å². The maximum atomic E-state index is 12.4. The predicted molar refractivity (Wildman–Crippen MR) is 77.2 cm³/mol. The van der Waals surface area contributed by atoms with Crippen molar-refractivity contribution in [1.82, 2.24) is 9.88 Å². The number of nitrogens with one attached hydrogen (secondary N) is 1. The highest BCUT2D eigenvalue weighted by molar-refractivity contribution is 5.94. The quantitative estimate of drug-likeness (QED) is 0.879. The van der Waals surface area contributed by atoms with Gasteiger partial charge in [-0.3, -0.25) is 14.4 Å². The first-order valence-corrected chi connectivity index (χ1v) is 7.20. The van der Waals surface area contributed by atoms with Gasteiger partial charge in [0.15, 0.2) is 5.43 Å². The predicted octanol–water partition coefficient (Wildman–Crippen LogP) is 1.48. The first kappa shape index (κ1) is 15.3. The second-order valence-electron chi connectivity index (χ2n) is 5.59. The van der Waals surface area contributed by atoms with E-state index in [9.17, 15) is 19.5 Å². The van der Waals surface area contributed by atoms with Crippen LogP contribution in [-0.2, 0) is 4.79 Å². The van der Waals surface area contributed by atoms with Gasteiger partial charge in [-0.15, -0.1) is 0 Å². The van der Waals surface area contributed by atoms with Crippen molar-refractivity contribution in [2.24, 2.45) is 5.41 Å². The summed E-state index contributed by atoms with van der Waals surface area (Å²) in [5.74, 6) is -1.25. The topological polar surface area (TPSA) is 90.5 Å². The summed E-state index contributed by atoms with van der Waals surface area (Å²) in [5.41, 5.74) is -1.17. The number of carbonyl (C=O) groups excluding carboxylic acids is 1. The summed E-state index contributed by atoms with van der Waals surface area (Å²) in [6.45, 7) is 2.60. The van der Waals surface area contributed by atoms with Crippen molar-refractivity contribution in [3.05, 3.63) is 34.2 Å². The average Bonchev–Trinajstić information content (AvgIpc) is 2.47. The molecule has 0 aliphatic carbocycles. The number of pyridine rings is 1. The first-order chi connectivity index (χ1) is 10.00. The van der Waals surface area contributed by atoms with E-state index in [0.29, 0.717) is 25.8 Å². The molecule has 1 aliphatic heterocycles. The van der Waals surface area contributed by atoms with Gasteiger partial charge in [0.25, 0.3) is 5.91 Å². The van der Waals surface area contributed by atoms with Crippen molar-refractivity contribution < 1.29 is 14.7 Å². The molecule has 0 aromatic carbocycles. The molecule has 1 aliphatic rings. The summed E-state index contributed by atoms with van der Waals surface area (Å²) in [4.78, 5) is 40.0. The van der Waals surface area contributed by atoms with E-state index in [0.717, 1.165) is 6.42 Å².